The molecule has 1 amide bonds. The Balaban J connectivity index is 2.67. The number of amides is 1. The Bertz CT molecular complexity index is 462. The summed E-state index contributed by atoms with van der Waals surface area (Å²) in [7, 11) is 0. The highest BCUT2D eigenvalue weighted by atomic mass is 16.4. The second-order valence-corrected chi connectivity index (χ2v) is 4.17. The van der Waals surface area contributed by atoms with Crippen molar-refractivity contribution in [2.45, 2.75) is 31.7 Å². The molecule has 100 valence electrons. The molecule has 1 aromatic carbocycles. The second-order valence-electron chi connectivity index (χ2n) is 4.17. The molecule has 0 aliphatic rings. The van der Waals surface area contributed by atoms with E-state index in [9.17, 15) is 9.59 Å². The van der Waals surface area contributed by atoms with Gasteiger partial charge < -0.3 is 10.4 Å². The number of benzene rings is 1. The quantitative estimate of drug-likeness (QED) is 0.737. The third-order valence-corrected chi connectivity index (χ3v) is 2.68. The van der Waals surface area contributed by atoms with Gasteiger partial charge in [-0.05, 0) is 12.0 Å². The number of rotatable bonds is 7. The number of hydrogen-bond donors (Lipinski definition) is 2. The summed E-state index contributed by atoms with van der Waals surface area (Å²) in [6, 6.07) is 9.04. The molecule has 4 heteroatoms. The molecular weight excluding hydrogens is 242 g/mol. The lowest BCUT2D eigenvalue weighted by Crippen LogP contribution is -2.28. The number of nitrogens with one attached hydrogen (secondary N) is 1. The summed E-state index contributed by atoms with van der Waals surface area (Å²) >= 11 is 0. The van der Waals surface area contributed by atoms with Crippen LogP contribution in [0.1, 0.15) is 37.3 Å². The first kappa shape index (κ1) is 14.8. The summed E-state index contributed by atoms with van der Waals surface area (Å²) in [6.07, 6.45) is 6.12. The Morgan fingerprint density at radius 1 is 1.26 bits per heavy atom. The fourth-order valence-electron chi connectivity index (χ4n) is 1.73. The van der Waals surface area contributed by atoms with Gasteiger partial charge in [0, 0.05) is 19.3 Å². The molecule has 2 N–H and O–H groups in total. The fourth-order valence-corrected chi connectivity index (χ4v) is 1.73. The first-order chi connectivity index (χ1) is 9.13. The first-order valence-electron chi connectivity index (χ1n) is 6.13. The number of carbonyl (C=O) groups excluding carboxylic acids is 1. The maximum Gasteiger partial charge on any atom is 0.303 e. The van der Waals surface area contributed by atoms with Gasteiger partial charge in [-0.25, -0.2) is 0 Å². The van der Waals surface area contributed by atoms with E-state index in [4.69, 9.17) is 11.5 Å². The van der Waals surface area contributed by atoms with Crippen molar-refractivity contribution in [3.63, 3.8) is 0 Å². The molecule has 0 bridgehead atoms. The van der Waals surface area contributed by atoms with E-state index >= 15 is 0 Å². The van der Waals surface area contributed by atoms with Gasteiger partial charge in [-0.3, -0.25) is 9.59 Å². The van der Waals surface area contributed by atoms with Gasteiger partial charge in [-0.1, -0.05) is 30.3 Å². The van der Waals surface area contributed by atoms with Crippen molar-refractivity contribution >= 4 is 11.9 Å². The molecule has 0 saturated heterocycles. The van der Waals surface area contributed by atoms with E-state index in [1.54, 1.807) is 0 Å². The smallest absolute Gasteiger partial charge is 0.303 e. The van der Waals surface area contributed by atoms with Crippen molar-refractivity contribution in [1.82, 2.24) is 5.32 Å². The molecule has 0 spiro atoms. The van der Waals surface area contributed by atoms with Gasteiger partial charge in [0.25, 0.3) is 0 Å². The molecule has 0 aromatic heterocycles. The van der Waals surface area contributed by atoms with Gasteiger partial charge in [0.2, 0.25) is 5.91 Å². The van der Waals surface area contributed by atoms with Crippen LogP contribution in [-0.4, -0.2) is 17.0 Å². The Morgan fingerprint density at radius 2 is 1.95 bits per heavy atom. The molecule has 1 atom stereocenters. The lowest BCUT2D eigenvalue weighted by molar-refractivity contribution is -0.137. The topological polar surface area (TPSA) is 66.4 Å². The molecule has 0 aliphatic carbocycles. The van der Waals surface area contributed by atoms with Crippen molar-refractivity contribution in [1.29, 1.82) is 0 Å². The highest BCUT2D eigenvalue weighted by Crippen LogP contribution is 2.18. The van der Waals surface area contributed by atoms with Crippen LogP contribution in [0.2, 0.25) is 0 Å². The minimum Gasteiger partial charge on any atom is -0.481 e. The number of terminal acetylenes is 1. The maximum absolute atomic E-state index is 11.7. The predicted molar refractivity (Wildman–Crippen MR) is 72.3 cm³/mol. The van der Waals surface area contributed by atoms with Crippen LogP contribution in [0.3, 0.4) is 0 Å². The van der Waals surface area contributed by atoms with E-state index in [1.165, 1.54) is 0 Å². The molecule has 0 radical (unpaired) electrons. The van der Waals surface area contributed by atoms with E-state index in [-0.39, 0.29) is 24.8 Å². The lowest BCUT2D eigenvalue weighted by Gasteiger charge is -2.18. The van der Waals surface area contributed by atoms with Gasteiger partial charge in [-0.2, -0.15) is 0 Å². The molecule has 1 unspecified atom stereocenters. The van der Waals surface area contributed by atoms with Crippen molar-refractivity contribution < 1.29 is 14.7 Å². The van der Waals surface area contributed by atoms with Crippen LogP contribution in [0.15, 0.2) is 30.3 Å². The summed E-state index contributed by atoms with van der Waals surface area (Å²) in [5.74, 6) is 1.38. The van der Waals surface area contributed by atoms with Crippen molar-refractivity contribution in [3.05, 3.63) is 35.9 Å². The van der Waals surface area contributed by atoms with Crippen molar-refractivity contribution in [2.75, 3.05) is 0 Å². The third kappa shape index (κ3) is 5.73. The van der Waals surface area contributed by atoms with Gasteiger partial charge >= 0.3 is 5.97 Å². The lowest BCUT2D eigenvalue weighted by atomic mass is 10.0. The zero-order valence-electron chi connectivity index (χ0n) is 10.6. The second kappa shape index (κ2) is 7.93. The molecule has 1 aromatic rings. The third-order valence-electron chi connectivity index (χ3n) is 2.68. The van der Waals surface area contributed by atoms with E-state index in [1.807, 2.05) is 30.3 Å². The van der Waals surface area contributed by atoms with Gasteiger partial charge in [0.05, 0.1) is 6.04 Å². The van der Waals surface area contributed by atoms with E-state index in [2.05, 4.69) is 11.2 Å². The summed E-state index contributed by atoms with van der Waals surface area (Å²) in [5.41, 5.74) is 0.901. The molecule has 19 heavy (non-hydrogen) atoms. The normalized spacial score (nSPS) is 11.3. The van der Waals surface area contributed by atoms with Crippen LogP contribution in [0.25, 0.3) is 0 Å². The molecule has 0 saturated carbocycles. The zero-order valence-corrected chi connectivity index (χ0v) is 10.6. The van der Waals surface area contributed by atoms with E-state index in [0.29, 0.717) is 12.8 Å². The van der Waals surface area contributed by atoms with Crippen LogP contribution in [-0.2, 0) is 9.59 Å². The Hall–Kier alpha value is -2.28. The molecule has 0 heterocycles. The van der Waals surface area contributed by atoms with Gasteiger partial charge in [-0.15, -0.1) is 12.3 Å². The predicted octanol–water partition coefficient (Wildman–Crippen LogP) is 2.12. The minimum absolute atomic E-state index is 0.00891. The van der Waals surface area contributed by atoms with Crippen LogP contribution in [0.4, 0.5) is 0 Å². The Kier molecular flexibility index (Phi) is 6.17. The monoisotopic (exact) mass is 259 g/mol. The Labute approximate surface area is 112 Å². The Morgan fingerprint density at radius 3 is 2.53 bits per heavy atom. The summed E-state index contributed by atoms with van der Waals surface area (Å²) in [4.78, 5) is 22.3. The highest BCUT2D eigenvalue weighted by Gasteiger charge is 2.15. The summed E-state index contributed by atoms with van der Waals surface area (Å²) in [6.45, 7) is 0. The average molecular weight is 259 g/mol. The first-order valence-corrected chi connectivity index (χ1v) is 6.13. The SMILES string of the molecule is C#CCCC(=O)NC(CCC(=O)O)c1ccccc1. The fraction of sp³-hybridized carbons (Fsp3) is 0.333. The largest absolute Gasteiger partial charge is 0.481 e. The average Bonchev–Trinajstić information content (AvgIpc) is 2.42. The zero-order chi connectivity index (χ0) is 14.1. The molecule has 0 fully saturated rings. The van der Waals surface area contributed by atoms with Crippen molar-refractivity contribution in [2.24, 2.45) is 0 Å². The number of carboxylic acid groups (broad SMARTS) is 1. The standard InChI is InChI=1S/C15H17NO3/c1-2-3-9-14(17)16-13(10-11-15(18)19)12-7-5-4-6-8-12/h1,4-8,13H,3,9-11H2,(H,16,17)(H,18,19). The number of carbonyl (C=O) groups is 2. The van der Waals surface area contributed by atoms with Crippen LogP contribution < -0.4 is 5.32 Å². The summed E-state index contributed by atoms with van der Waals surface area (Å²) < 4.78 is 0. The number of hydrogen-bond acceptors (Lipinski definition) is 2. The van der Waals surface area contributed by atoms with Crippen LogP contribution in [0, 0.1) is 12.3 Å². The molecular formula is C15H17NO3. The number of carboxylic acids is 1. The maximum atomic E-state index is 11.7. The molecule has 4 nitrogen and oxygen atoms in total. The summed E-state index contributed by atoms with van der Waals surface area (Å²) in [5, 5.41) is 11.6. The van der Waals surface area contributed by atoms with E-state index in [0.717, 1.165) is 5.56 Å². The van der Waals surface area contributed by atoms with Crippen LogP contribution >= 0.6 is 0 Å². The van der Waals surface area contributed by atoms with Gasteiger partial charge in [0.1, 0.15) is 0 Å². The van der Waals surface area contributed by atoms with E-state index < -0.39 is 5.97 Å². The highest BCUT2D eigenvalue weighted by molar-refractivity contribution is 5.76. The molecule has 0 aliphatic heterocycles. The minimum atomic E-state index is -0.876. The van der Waals surface area contributed by atoms with Crippen molar-refractivity contribution in [3.8, 4) is 12.3 Å². The number of aliphatic carboxylic acids is 1. The molecule has 1 rings (SSSR count). The van der Waals surface area contributed by atoms with Crippen LogP contribution in [0.5, 0.6) is 0 Å². The van der Waals surface area contributed by atoms with Gasteiger partial charge in [0.15, 0.2) is 0 Å².